The van der Waals surface area contributed by atoms with Crippen LogP contribution in [0, 0.1) is 5.92 Å². The number of aliphatic hydroxyl groups is 9. The number of hydrogen-bond donors (Lipinski definition) is 20. The molecular weight excluding hydrogens is 1670 g/mol. The molecule has 11 amide bonds. The molecule has 0 aromatic rings. The van der Waals surface area contributed by atoms with Gasteiger partial charge in [-0.25, -0.2) is 4.57 Å². The quantitative estimate of drug-likeness (QED) is 0.0205. The summed E-state index contributed by atoms with van der Waals surface area (Å²) in [5, 5.41) is 118. The van der Waals surface area contributed by atoms with Crippen molar-refractivity contribution in [3.8, 4) is 0 Å². The fourth-order valence-corrected chi connectivity index (χ4v) is 14.7. The standard InChI is InChI=1S/C80H144N11O33P/c1-52-43-56(48-121-125(112,113)114-5)91(44-52)67(105)27-13-11-9-7-6-8-10-12-26-66(104)90-80(49-115-40-28-63(101)84-34-20-31-81-60(98)23-14-17-37-118-77-68(87-53(2)95)74(109)71(106)57(45-92)122-77,50-116-41-29-64(102)85-35-21-32-82-61(99)24-15-18-38-119-78-69(88-54(3)96)75(110)72(107)58(46-93)123-78)51-117-42-30-65(103)86-36-22-33-83-62(100)25-16-19-39-120-79-70(89-55(4)97)76(111)73(108)59(47-94)124-79/h52,56-59,68-79,92-94,106-111H,6-51H2,1-5H3,(H,81,98)(H,82,99)(H,83,100)(H,84,101)(H,85,102)(H,86,103)(H,87,95)(H,88,96)(H,89,97)(H,90,104)(H,112,113)/t52-,56+,57?,58?,59?,68?,69?,70?,71?,72?,73?,74?,75?,76?,77?,78?,79?,80?/m1/s1. The Morgan fingerprint density at radius 3 is 1.01 bits per heavy atom. The molecule has 18 atom stereocenters. The van der Waals surface area contributed by atoms with Crippen LogP contribution in [0.1, 0.15) is 195 Å². The predicted octanol–water partition coefficient (Wildman–Crippen LogP) is -3.78. The summed E-state index contributed by atoms with van der Waals surface area (Å²) in [6.07, 6.45) is -5.03. The fraction of sp³-hybridized carbons (Fsp3) is 0.863. The highest BCUT2D eigenvalue weighted by molar-refractivity contribution is 7.47. The number of phosphoric ester groups is 1. The molecule has 0 spiro atoms. The van der Waals surface area contributed by atoms with E-state index in [9.17, 15) is 108 Å². The van der Waals surface area contributed by atoms with Crippen molar-refractivity contribution in [1.29, 1.82) is 0 Å². The van der Waals surface area contributed by atoms with E-state index in [1.165, 1.54) is 20.8 Å². The Morgan fingerprint density at radius 1 is 0.400 bits per heavy atom. The molecule has 4 saturated heterocycles. The maximum atomic E-state index is 14.1. The Labute approximate surface area is 730 Å². The van der Waals surface area contributed by atoms with Crippen LogP contribution in [0.25, 0.3) is 0 Å². The van der Waals surface area contributed by atoms with Crippen LogP contribution in [0.4, 0.5) is 0 Å². The lowest BCUT2D eigenvalue weighted by Crippen LogP contribution is -2.64. The summed E-state index contributed by atoms with van der Waals surface area (Å²) in [4.78, 5) is 152. The highest BCUT2D eigenvalue weighted by atomic mass is 31.2. The van der Waals surface area contributed by atoms with Gasteiger partial charge in [0.05, 0.1) is 72.1 Å². The number of carbonyl (C=O) groups excluding carboxylic acids is 11. The van der Waals surface area contributed by atoms with E-state index in [1.807, 2.05) is 6.92 Å². The zero-order valence-corrected chi connectivity index (χ0v) is 74.0. The lowest BCUT2D eigenvalue weighted by atomic mass is 9.97. The summed E-state index contributed by atoms with van der Waals surface area (Å²) in [7, 11) is -3.12. The number of nitrogens with zero attached hydrogens (tertiary/aromatic N) is 1. The molecule has 0 radical (unpaired) electrons. The lowest BCUT2D eigenvalue weighted by Gasteiger charge is -2.42. The van der Waals surface area contributed by atoms with Crippen molar-refractivity contribution in [3.63, 3.8) is 0 Å². The van der Waals surface area contributed by atoms with Crippen LogP contribution in [0.5, 0.6) is 0 Å². The second kappa shape index (κ2) is 62.7. The van der Waals surface area contributed by atoms with Gasteiger partial charge >= 0.3 is 7.82 Å². The molecular formula is C80H144N11O33P. The van der Waals surface area contributed by atoms with Crippen LogP contribution < -0.4 is 53.2 Å². The van der Waals surface area contributed by atoms with Crippen molar-refractivity contribution in [2.45, 2.75) is 298 Å². The van der Waals surface area contributed by atoms with Crippen molar-refractivity contribution in [1.82, 2.24) is 58.1 Å². The number of amides is 11. The smallest absolute Gasteiger partial charge is 0.394 e. The van der Waals surface area contributed by atoms with Gasteiger partial charge in [0.25, 0.3) is 0 Å². The third-order valence-corrected chi connectivity index (χ3v) is 22.0. The first-order valence-corrected chi connectivity index (χ1v) is 45.3. The van der Waals surface area contributed by atoms with Gasteiger partial charge in [-0.05, 0) is 83.0 Å². The second-order valence-electron chi connectivity index (χ2n) is 32.0. The molecule has 16 unspecified atom stereocenters. The number of carbonyl (C=O) groups is 11. The minimum atomic E-state index is -4.20. The van der Waals surface area contributed by atoms with Crippen molar-refractivity contribution in [2.24, 2.45) is 5.92 Å². The van der Waals surface area contributed by atoms with Gasteiger partial charge in [0, 0.05) is 145 Å². The van der Waals surface area contributed by atoms with Crippen LogP contribution >= 0.6 is 7.82 Å². The Kier molecular flexibility index (Phi) is 55.7. The van der Waals surface area contributed by atoms with Crippen LogP contribution in [-0.4, -0.2) is 363 Å². The molecule has 0 aromatic carbocycles. The van der Waals surface area contributed by atoms with Gasteiger partial charge in [0.1, 0.15) is 78.6 Å². The molecule has 722 valence electrons. The molecule has 4 fully saturated rings. The molecule has 0 saturated carbocycles. The van der Waals surface area contributed by atoms with E-state index in [4.69, 9.17) is 47.2 Å². The van der Waals surface area contributed by atoms with Crippen LogP contribution in [-0.2, 0) is 109 Å². The van der Waals surface area contributed by atoms with Gasteiger partial charge < -0.3 is 152 Å². The van der Waals surface area contributed by atoms with E-state index in [-0.39, 0.29) is 210 Å². The van der Waals surface area contributed by atoms with Crippen LogP contribution in [0.2, 0.25) is 0 Å². The fourth-order valence-electron chi connectivity index (χ4n) is 14.3. The summed E-state index contributed by atoms with van der Waals surface area (Å²) in [5.74, 6) is -3.65. The molecule has 0 bridgehead atoms. The molecule has 45 heteroatoms. The first-order chi connectivity index (χ1) is 59.8. The summed E-state index contributed by atoms with van der Waals surface area (Å²) >= 11 is 0. The zero-order chi connectivity index (χ0) is 92.1. The van der Waals surface area contributed by atoms with E-state index in [0.717, 1.165) is 39.2 Å². The number of aliphatic hydroxyl groups excluding tert-OH is 9. The Morgan fingerprint density at radius 2 is 0.696 bits per heavy atom. The maximum Gasteiger partial charge on any atom is 0.471 e. The van der Waals surface area contributed by atoms with E-state index in [0.29, 0.717) is 96.4 Å². The number of hydrogen-bond acceptors (Lipinski definition) is 32. The van der Waals surface area contributed by atoms with Gasteiger partial charge in [-0.3, -0.25) is 61.8 Å². The van der Waals surface area contributed by atoms with Gasteiger partial charge in [0.15, 0.2) is 18.9 Å². The third kappa shape index (κ3) is 45.1. The molecule has 20 N–H and O–H groups in total. The van der Waals surface area contributed by atoms with Gasteiger partial charge in [-0.15, -0.1) is 0 Å². The minimum absolute atomic E-state index is 0.0362. The molecule has 4 aliphatic heterocycles. The van der Waals surface area contributed by atoms with Crippen molar-refractivity contribution < 1.29 is 160 Å². The first-order valence-electron chi connectivity index (χ1n) is 43.8. The SMILES string of the molecule is COP(=O)(O)OC[C@@H]1C[C@@H](C)CN1C(=O)CCCCCCCCCCC(=O)NC(COCCC(=O)NCCCNC(=O)CCCCOC1OC(CO)C(O)C(O)C1NC(C)=O)(COCCC(=O)NCCCNC(=O)CCCCOC1OC(CO)C(O)C(O)C1NC(C)=O)COCCC(=O)NCCCNC(=O)CCCCOC1OC(CO)C(O)C(O)C1NC(C)=O. The highest BCUT2D eigenvalue weighted by Crippen LogP contribution is 2.43. The topological polar surface area (TPSA) is 632 Å². The number of likely N-dealkylation sites (tertiary alicyclic amines) is 1. The zero-order valence-electron chi connectivity index (χ0n) is 73.1. The average Bonchev–Trinajstić information content (AvgIpc) is 1.57. The summed E-state index contributed by atoms with van der Waals surface area (Å²) in [6, 6.07) is -3.64. The lowest BCUT2D eigenvalue weighted by molar-refractivity contribution is -0.270. The normalized spacial score (nSPS) is 25.2. The molecule has 4 heterocycles. The Bertz CT molecular complexity index is 2980. The van der Waals surface area contributed by atoms with E-state index < -0.39 is 143 Å². The van der Waals surface area contributed by atoms with Gasteiger partial charge in [-0.1, -0.05) is 45.4 Å². The molecule has 4 aliphatic rings. The third-order valence-electron chi connectivity index (χ3n) is 21.1. The number of nitrogens with one attached hydrogen (secondary N) is 10. The van der Waals surface area contributed by atoms with Crippen molar-refractivity contribution in [2.75, 3.05) is 139 Å². The molecule has 4 rings (SSSR count). The highest BCUT2D eigenvalue weighted by Gasteiger charge is 2.48. The van der Waals surface area contributed by atoms with Crippen molar-refractivity contribution in [3.05, 3.63) is 0 Å². The molecule has 0 aliphatic carbocycles. The largest absolute Gasteiger partial charge is 0.471 e. The molecule has 125 heavy (non-hydrogen) atoms. The average molecular weight is 1820 g/mol. The minimum Gasteiger partial charge on any atom is -0.394 e. The Hall–Kier alpha value is -6.44. The van der Waals surface area contributed by atoms with Crippen LogP contribution in [0.3, 0.4) is 0 Å². The maximum absolute atomic E-state index is 14.1. The molecule has 0 aromatic heterocycles. The first kappa shape index (κ1) is 111. The number of unbranched alkanes of at least 4 members (excludes halogenated alkanes) is 10. The number of ether oxygens (including phenoxy) is 9. The Balaban J connectivity index is 1.31. The van der Waals surface area contributed by atoms with Gasteiger partial charge in [0.2, 0.25) is 65.0 Å². The van der Waals surface area contributed by atoms with Gasteiger partial charge in [-0.2, -0.15) is 0 Å². The van der Waals surface area contributed by atoms with E-state index in [2.05, 4.69) is 57.7 Å². The van der Waals surface area contributed by atoms with E-state index in [1.54, 1.807) is 4.90 Å². The summed E-state index contributed by atoms with van der Waals surface area (Å²) in [5.41, 5.74) is -1.45. The summed E-state index contributed by atoms with van der Waals surface area (Å²) < 4.78 is 73.8. The number of rotatable bonds is 67. The monoisotopic (exact) mass is 1820 g/mol. The summed E-state index contributed by atoms with van der Waals surface area (Å²) in [6.45, 7) is 4.58. The van der Waals surface area contributed by atoms with Crippen LogP contribution in [0.15, 0.2) is 0 Å². The predicted molar refractivity (Wildman–Crippen MR) is 443 cm³/mol. The second-order valence-corrected chi connectivity index (χ2v) is 33.6. The van der Waals surface area contributed by atoms with E-state index >= 15 is 0 Å². The molecule has 44 nitrogen and oxygen atoms in total. The van der Waals surface area contributed by atoms with Crippen molar-refractivity contribution >= 4 is 72.8 Å². The number of phosphoric acid groups is 1.